The second-order valence-corrected chi connectivity index (χ2v) is 21.2. The van der Waals surface area contributed by atoms with Crippen molar-refractivity contribution in [3.63, 3.8) is 0 Å². The lowest BCUT2D eigenvalue weighted by Gasteiger charge is -2.33. The van der Waals surface area contributed by atoms with Gasteiger partial charge in [0, 0.05) is 78.6 Å². The Balaban J connectivity index is 1.11. The SMILES string of the molecule is CCC1C2CC3NC4C(CC(O)C4C3C)C3NC(C(Br)C4NC(CC(N2)C1C)C(CC)C4C)[C@@H](C)[C@@H]3CCC(=O)NCCCCCCNC(=O)OC(C)(C)C. The lowest BCUT2D eigenvalue weighted by Crippen LogP contribution is -2.52. The summed E-state index contributed by atoms with van der Waals surface area (Å²) in [4.78, 5) is 25.5. The zero-order chi connectivity index (χ0) is 39.8. The van der Waals surface area contributed by atoms with Crippen LogP contribution in [-0.4, -0.2) is 95.1 Å². The summed E-state index contributed by atoms with van der Waals surface area (Å²) in [5, 5.41) is 34.7. The highest BCUT2D eigenvalue weighted by Gasteiger charge is 2.59. The third-order valence-electron chi connectivity index (χ3n) is 15.9. The van der Waals surface area contributed by atoms with E-state index in [0.29, 0.717) is 103 Å². The van der Waals surface area contributed by atoms with E-state index >= 15 is 0 Å². The molecule has 0 aromatic carbocycles. The summed E-state index contributed by atoms with van der Waals surface area (Å²) < 4.78 is 5.31. The number of aliphatic hydroxyl groups excluding tert-OH is 1. The molecule has 19 atom stereocenters. The van der Waals surface area contributed by atoms with Gasteiger partial charge in [-0.15, -0.1) is 0 Å². The van der Waals surface area contributed by atoms with Crippen molar-refractivity contribution < 1.29 is 19.4 Å². The molecule has 6 aliphatic rings. The normalized spacial score (nSPS) is 45.2. The Morgan fingerprint density at radius 1 is 0.691 bits per heavy atom. The third kappa shape index (κ3) is 9.58. The molecule has 8 bridgehead atoms. The van der Waals surface area contributed by atoms with Crippen LogP contribution in [0.15, 0.2) is 0 Å². The number of unbranched alkanes of at least 4 members (excludes halogenated alkanes) is 3. The van der Waals surface area contributed by atoms with Crippen LogP contribution in [0.2, 0.25) is 0 Å². The topological polar surface area (TPSA) is 136 Å². The molecule has 2 amide bonds. The Bertz CT molecular complexity index is 1290. The molecule has 10 nitrogen and oxygen atoms in total. The molecule has 5 heterocycles. The van der Waals surface area contributed by atoms with Gasteiger partial charge in [-0.3, -0.25) is 4.79 Å². The number of fused-ring (bicyclic) bond motifs is 8. The quantitative estimate of drug-likeness (QED) is 0.0928. The molecule has 6 fully saturated rings. The van der Waals surface area contributed by atoms with Crippen molar-refractivity contribution in [3.05, 3.63) is 0 Å². The lowest BCUT2D eigenvalue weighted by molar-refractivity contribution is -0.121. The molecule has 5 aliphatic heterocycles. The summed E-state index contributed by atoms with van der Waals surface area (Å²) in [6.45, 7) is 21.5. The van der Waals surface area contributed by atoms with Crippen LogP contribution in [0.1, 0.15) is 133 Å². The Labute approximate surface area is 342 Å². The molecule has 0 radical (unpaired) electrons. The van der Waals surface area contributed by atoms with E-state index in [2.05, 4.69) is 89.4 Å². The van der Waals surface area contributed by atoms with E-state index in [9.17, 15) is 14.7 Å². The number of ether oxygens (including phenoxy) is 1. The van der Waals surface area contributed by atoms with Crippen LogP contribution < -0.4 is 31.9 Å². The van der Waals surface area contributed by atoms with Gasteiger partial charge in [-0.1, -0.05) is 83.2 Å². The maximum Gasteiger partial charge on any atom is 0.407 e. The number of carbonyl (C=O) groups is 2. The summed E-state index contributed by atoms with van der Waals surface area (Å²) in [6.07, 6.45) is 10.1. The molecule has 6 rings (SSSR count). The average molecular weight is 836 g/mol. The van der Waals surface area contributed by atoms with Gasteiger partial charge in [0.1, 0.15) is 5.60 Å². The molecular weight excluding hydrogens is 756 g/mol. The highest BCUT2D eigenvalue weighted by molar-refractivity contribution is 9.09. The molecule has 55 heavy (non-hydrogen) atoms. The maximum absolute atomic E-state index is 13.3. The van der Waals surface area contributed by atoms with Crippen molar-refractivity contribution in [2.75, 3.05) is 13.1 Å². The molecule has 11 heteroatoms. The van der Waals surface area contributed by atoms with Crippen molar-refractivity contribution in [2.24, 2.45) is 53.3 Å². The van der Waals surface area contributed by atoms with Crippen molar-refractivity contribution in [3.8, 4) is 0 Å². The Hall–Kier alpha value is -0.980. The first-order valence-electron chi connectivity index (χ1n) is 22.7. The van der Waals surface area contributed by atoms with E-state index in [1.165, 1.54) is 19.3 Å². The van der Waals surface area contributed by atoms with Gasteiger partial charge < -0.3 is 41.7 Å². The Kier molecular flexibility index (Phi) is 14.7. The maximum atomic E-state index is 13.3. The number of aliphatic hydroxyl groups is 1. The number of hydrogen-bond acceptors (Lipinski definition) is 8. The molecule has 7 N–H and O–H groups in total. The molecule has 17 unspecified atom stereocenters. The highest BCUT2D eigenvalue weighted by Crippen LogP contribution is 2.51. The van der Waals surface area contributed by atoms with Crippen molar-refractivity contribution >= 4 is 27.9 Å². The molecular formula is C44H79BrN6O4. The number of amides is 2. The zero-order valence-corrected chi connectivity index (χ0v) is 37.3. The zero-order valence-electron chi connectivity index (χ0n) is 35.7. The van der Waals surface area contributed by atoms with Gasteiger partial charge in [0.05, 0.1) is 6.10 Å². The van der Waals surface area contributed by atoms with Gasteiger partial charge in [0.2, 0.25) is 5.91 Å². The van der Waals surface area contributed by atoms with Gasteiger partial charge in [0.15, 0.2) is 0 Å². The molecule has 1 saturated carbocycles. The van der Waals surface area contributed by atoms with Crippen LogP contribution in [0.4, 0.5) is 4.79 Å². The number of halogens is 1. The van der Waals surface area contributed by atoms with Gasteiger partial charge in [-0.2, -0.15) is 0 Å². The number of hydrogen-bond donors (Lipinski definition) is 7. The predicted molar refractivity (Wildman–Crippen MR) is 225 cm³/mol. The minimum atomic E-state index is -0.487. The summed E-state index contributed by atoms with van der Waals surface area (Å²) in [5.41, 5.74) is -0.487. The molecule has 1 aliphatic carbocycles. The first kappa shape index (κ1) is 43.6. The van der Waals surface area contributed by atoms with Crippen LogP contribution in [-0.2, 0) is 9.53 Å². The lowest BCUT2D eigenvalue weighted by atomic mass is 9.76. The molecule has 316 valence electrons. The number of rotatable bonds is 12. The van der Waals surface area contributed by atoms with Crippen molar-refractivity contribution in [1.29, 1.82) is 0 Å². The van der Waals surface area contributed by atoms with Crippen LogP contribution in [0.3, 0.4) is 0 Å². The summed E-state index contributed by atoms with van der Waals surface area (Å²) in [7, 11) is 0. The van der Waals surface area contributed by atoms with E-state index in [0.717, 1.165) is 44.9 Å². The molecule has 0 aromatic heterocycles. The Morgan fingerprint density at radius 2 is 1.25 bits per heavy atom. The largest absolute Gasteiger partial charge is 0.444 e. The molecule has 0 aromatic rings. The fraction of sp³-hybridized carbons (Fsp3) is 0.955. The van der Waals surface area contributed by atoms with Crippen LogP contribution >= 0.6 is 15.9 Å². The van der Waals surface area contributed by atoms with Gasteiger partial charge in [0.25, 0.3) is 0 Å². The molecule has 0 spiro atoms. The number of nitrogens with one attached hydrogen (secondary N) is 6. The summed E-state index contributed by atoms with van der Waals surface area (Å²) >= 11 is 4.35. The minimum absolute atomic E-state index is 0.147. The van der Waals surface area contributed by atoms with Gasteiger partial charge in [-0.25, -0.2) is 4.79 Å². The number of alkyl carbamates (subject to hydrolysis) is 1. The third-order valence-corrected chi connectivity index (χ3v) is 17.0. The first-order chi connectivity index (χ1) is 26.1. The van der Waals surface area contributed by atoms with E-state index < -0.39 is 5.60 Å². The average Bonchev–Trinajstić information content (AvgIpc) is 3.88. The number of alkyl halides is 1. The van der Waals surface area contributed by atoms with E-state index in [1.807, 2.05) is 20.8 Å². The predicted octanol–water partition coefficient (Wildman–Crippen LogP) is 6.10. The van der Waals surface area contributed by atoms with Gasteiger partial charge in [-0.05, 0) is 107 Å². The first-order valence-corrected chi connectivity index (χ1v) is 23.6. The second-order valence-electron chi connectivity index (χ2n) is 20.1. The number of carbonyl (C=O) groups excluding carboxylic acids is 2. The van der Waals surface area contributed by atoms with Gasteiger partial charge >= 0.3 is 6.09 Å². The van der Waals surface area contributed by atoms with Crippen LogP contribution in [0, 0.1) is 53.3 Å². The highest BCUT2D eigenvalue weighted by atomic mass is 79.9. The minimum Gasteiger partial charge on any atom is -0.444 e. The van der Waals surface area contributed by atoms with Crippen molar-refractivity contribution in [2.45, 2.75) is 198 Å². The Morgan fingerprint density at radius 3 is 1.91 bits per heavy atom. The monoisotopic (exact) mass is 835 g/mol. The van der Waals surface area contributed by atoms with Crippen molar-refractivity contribution in [1.82, 2.24) is 31.9 Å². The fourth-order valence-electron chi connectivity index (χ4n) is 13.0. The standard InChI is InChI=1S/C44H79BrN6O4/c1-10-27-23(3)31-21-34-28(11-2)24(4)39(50-34)38(45)40-25(5)29(16-17-36(53)46-18-14-12-13-15-19-47-43(54)55-44(7,8)9)41(51-40)30-20-35(52)37-26(6)32(49-42(30)37)22-33(27)48-31/h23-35,37-42,48-52H,10-22H2,1-9H3,(H,46,53)(H,47,54)/t23?,24?,25-,26?,27?,28?,29-,30?,31?,32?,33?,34?,35?,37?,38?,39?,40?,41?,42?/m0/s1. The van der Waals surface area contributed by atoms with E-state index in [4.69, 9.17) is 4.74 Å². The van der Waals surface area contributed by atoms with E-state index in [-0.39, 0.29) is 40.9 Å². The summed E-state index contributed by atoms with van der Waals surface area (Å²) in [6, 6.07) is 3.16. The smallest absolute Gasteiger partial charge is 0.407 e. The van der Waals surface area contributed by atoms with Crippen LogP contribution in [0.5, 0.6) is 0 Å². The van der Waals surface area contributed by atoms with Crippen LogP contribution in [0.25, 0.3) is 0 Å². The summed E-state index contributed by atoms with van der Waals surface area (Å²) in [5.74, 6) is 4.49. The van der Waals surface area contributed by atoms with E-state index in [1.54, 1.807) is 0 Å². The second kappa shape index (κ2) is 18.5. The fourth-order valence-corrected chi connectivity index (χ4v) is 14.3. The molecule has 5 saturated heterocycles.